The Balaban J connectivity index is 1.48. The van der Waals surface area contributed by atoms with Gasteiger partial charge in [0.05, 0.1) is 23.0 Å². The number of carboxylic acids is 1. The average Bonchev–Trinajstić information content (AvgIpc) is 3.39. The van der Waals surface area contributed by atoms with E-state index in [0.29, 0.717) is 21.2 Å². The predicted molar refractivity (Wildman–Crippen MR) is 139 cm³/mol. The number of nitrogens with zero attached hydrogens (tertiary/aromatic N) is 3. The smallest absolute Gasteiger partial charge is 0.434 e. The van der Waals surface area contributed by atoms with Gasteiger partial charge in [-0.1, -0.05) is 42.5 Å². The van der Waals surface area contributed by atoms with E-state index in [4.69, 9.17) is 0 Å². The van der Waals surface area contributed by atoms with E-state index in [-0.39, 0.29) is 17.8 Å². The van der Waals surface area contributed by atoms with Crippen molar-refractivity contribution in [1.29, 1.82) is 0 Å². The number of pyridine rings is 1. The van der Waals surface area contributed by atoms with Gasteiger partial charge in [0.15, 0.2) is 5.69 Å². The number of para-hydroxylation sites is 1. The van der Waals surface area contributed by atoms with Gasteiger partial charge in [0.25, 0.3) is 5.91 Å². The van der Waals surface area contributed by atoms with E-state index in [1.807, 2.05) is 6.07 Å². The van der Waals surface area contributed by atoms with Gasteiger partial charge in [-0.3, -0.25) is 9.78 Å². The highest BCUT2D eigenvalue weighted by Gasteiger charge is 2.40. The van der Waals surface area contributed by atoms with E-state index in [0.717, 1.165) is 22.7 Å². The van der Waals surface area contributed by atoms with E-state index >= 15 is 0 Å². The Hall–Kier alpha value is -4.99. The lowest BCUT2D eigenvalue weighted by atomic mass is 9.91. The monoisotopic (exact) mass is 530 g/mol. The summed E-state index contributed by atoms with van der Waals surface area (Å²) in [5.74, 6) is -1.95. The van der Waals surface area contributed by atoms with Crippen molar-refractivity contribution >= 4 is 22.6 Å². The number of halogens is 3. The van der Waals surface area contributed by atoms with Crippen LogP contribution in [0.15, 0.2) is 85.3 Å². The van der Waals surface area contributed by atoms with Crippen molar-refractivity contribution in [3.63, 3.8) is 0 Å². The van der Waals surface area contributed by atoms with Crippen LogP contribution in [0.3, 0.4) is 0 Å². The fraction of sp³-hybridized carbons (Fsp3) is 0.103. The average molecular weight is 531 g/mol. The fourth-order valence-electron chi connectivity index (χ4n) is 4.62. The quantitative estimate of drug-likeness (QED) is 0.279. The summed E-state index contributed by atoms with van der Waals surface area (Å²) in [5, 5.41) is 17.4. The molecule has 0 saturated heterocycles. The zero-order chi connectivity index (χ0) is 27.7. The van der Waals surface area contributed by atoms with Crippen LogP contribution in [-0.2, 0) is 12.7 Å². The first-order valence-electron chi connectivity index (χ1n) is 11.8. The minimum Gasteiger partial charge on any atom is -0.478 e. The number of aromatic nitrogens is 3. The Morgan fingerprint density at radius 3 is 2.38 bits per heavy atom. The number of hydrogen-bond donors (Lipinski definition) is 2. The number of nitrogens with one attached hydrogen (secondary N) is 1. The topological polar surface area (TPSA) is 97.1 Å². The lowest BCUT2D eigenvalue weighted by molar-refractivity contribution is -0.143. The van der Waals surface area contributed by atoms with Gasteiger partial charge in [-0.25, -0.2) is 9.48 Å². The molecular weight excluding hydrogens is 509 g/mol. The number of carbonyl (C=O) groups is 2. The number of aromatic carboxylic acids is 1. The molecular formula is C29H21F3N4O3. The molecule has 0 bridgehead atoms. The largest absolute Gasteiger partial charge is 0.478 e. The lowest BCUT2D eigenvalue weighted by Gasteiger charge is -2.15. The maximum absolute atomic E-state index is 14.0. The Morgan fingerprint density at radius 2 is 1.67 bits per heavy atom. The third-order valence-electron chi connectivity index (χ3n) is 6.49. The zero-order valence-electron chi connectivity index (χ0n) is 20.5. The molecule has 0 aliphatic carbocycles. The Labute approximate surface area is 220 Å². The molecule has 0 radical (unpaired) electrons. The first kappa shape index (κ1) is 25.7. The second-order valence-corrected chi connectivity index (χ2v) is 8.81. The summed E-state index contributed by atoms with van der Waals surface area (Å²) in [5.41, 5.74) is 1.33. The molecule has 10 heteroatoms. The second kappa shape index (κ2) is 10.1. The van der Waals surface area contributed by atoms with Crippen molar-refractivity contribution < 1.29 is 27.9 Å². The van der Waals surface area contributed by atoms with Crippen molar-refractivity contribution in [2.24, 2.45) is 0 Å². The number of rotatable bonds is 6. The fourth-order valence-corrected chi connectivity index (χ4v) is 4.62. The minimum absolute atomic E-state index is 0.0662. The summed E-state index contributed by atoms with van der Waals surface area (Å²) in [6.07, 6.45) is -0.713. The summed E-state index contributed by atoms with van der Waals surface area (Å²) in [4.78, 5) is 28.8. The maximum atomic E-state index is 14.0. The van der Waals surface area contributed by atoms with E-state index in [1.54, 1.807) is 61.8 Å². The normalized spacial score (nSPS) is 11.5. The van der Waals surface area contributed by atoms with Gasteiger partial charge in [-0.2, -0.15) is 18.3 Å². The van der Waals surface area contributed by atoms with Crippen LogP contribution in [-0.4, -0.2) is 31.7 Å². The highest BCUT2D eigenvalue weighted by atomic mass is 19.4. The summed E-state index contributed by atoms with van der Waals surface area (Å²) < 4.78 is 42.7. The third kappa shape index (κ3) is 4.84. The van der Waals surface area contributed by atoms with Crippen LogP contribution in [0.2, 0.25) is 0 Å². The van der Waals surface area contributed by atoms with Crippen LogP contribution in [0.5, 0.6) is 0 Å². The molecule has 0 spiro atoms. The molecule has 0 unspecified atom stereocenters. The van der Waals surface area contributed by atoms with Crippen molar-refractivity contribution in [3.05, 3.63) is 113 Å². The maximum Gasteiger partial charge on any atom is 0.434 e. The molecule has 0 fully saturated rings. The SMILES string of the molecule is Cc1c(C(=O)O)cccc1-c1ccc(CNC(=O)c2cnn(-c3ccccc3)c2C(F)(F)F)c2cnccc12. The Bertz CT molecular complexity index is 1710. The molecule has 39 heavy (non-hydrogen) atoms. The summed E-state index contributed by atoms with van der Waals surface area (Å²) in [6.45, 7) is 1.66. The van der Waals surface area contributed by atoms with Gasteiger partial charge in [0, 0.05) is 24.3 Å². The molecule has 196 valence electrons. The number of carboxylic acid groups (broad SMARTS) is 1. The highest BCUT2D eigenvalue weighted by Crippen LogP contribution is 2.35. The second-order valence-electron chi connectivity index (χ2n) is 8.81. The Kier molecular flexibility index (Phi) is 6.61. The number of benzene rings is 3. The number of hydrogen-bond acceptors (Lipinski definition) is 4. The van der Waals surface area contributed by atoms with Crippen molar-refractivity contribution in [2.75, 3.05) is 0 Å². The summed E-state index contributed by atoms with van der Waals surface area (Å²) in [6, 6.07) is 18.1. The van der Waals surface area contributed by atoms with E-state index < -0.39 is 29.3 Å². The molecule has 0 aliphatic rings. The first-order chi connectivity index (χ1) is 18.7. The van der Waals surface area contributed by atoms with E-state index in [1.165, 1.54) is 18.2 Å². The summed E-state index contributed by atoms with van der Waals surface area (Å²) in [7, 11) is 0. The van der Waals surface area contributed by atoms with Crippen LogP contribution in [0, 0.1) is 6.92 Å². The van der Waals surface area contributed by atoms with Crippen LogP contribution >= 0.6 is 0 Å². The third-order valence-corrected chi connectivity index (χ3v) is 6.49. The lowest BCUT2D eigenvalue weighted by Crippen LogP contribution is -2.26. The van der Waals surface area contributed by atoms with Crippen LogP contribution in [0.1, 0.15) is 37.5 Å². The van der Waals surface area contributed by atoms with Crippen LogP contribution in [0.4, 0.5) is 13.2 Å². The van der Waals surface area contributed by atoms with Crippen LogP contribution < -0.4 is 5.32 Å². The summed E-state index contributed by atoms with van der Waals surface area (Å²) >= 11 is 0. The molecule has 7 nitrogen and oxygen atoms in total. The number of alkyl halides is 3. The van der Waals surface area contributed by atoms with Gasteiger partial charge in [0.1, 0.15) is 0 Å². The molecule has 2 aromatic heterocycles. The molecule has 0 aliphatic heterocycles. The highest BCUT2D eigenvalue weighted by molar-refractivity contribution is 6.01. The molecule has 3 aromatic carbocycles. The van der Waals surface area contributed by atoms with Crippen molar-refractivity contribution in [1.82, 2.24) is 20.1 Å². The van der Waals surface area contributed by atoms with Gasteiger partial charge in [-0.15, -0.1) is 0 Å². The van der Waals surface area contributed by atoms with Gasteiger partial charge < -0.3 is 10.4 Å². The first-order valence-corrected chi connectivity index (χ1v) is 11.8. The number of amides is 1. The van der Waals surface area contributed by atoms with Crippen molar-refractivity contribution in [3.8, 4) is 16.8 Å². The molecule has 2 heterocycles. The van der Waals surface area contributed by atoms with Crippen LogP contribution in [0.25, 0.3) is 27.6 Å². The molecule has 5 rings (SSSR count). The molecule has 0 saturated carbocycles. The number of fused-ring (bicyclic) bond motifs is 1. The van der Waals surface area contributed by atoms with E-state index in [9.17, 15) is 27.9 Å². The molecule has 5 aromatic rings. The predicted octanol–water partition coefficient (Wildman–Crippen LogP) is 6.04. The zero-order valence-corrected chi connectivity index (χ0v) is 20.5. The van der Waals surface area contributed by atoms with Crippen molar-refractivity contribution in [2.45, 2.75) is 19.6 Å². The Morgan fingerprint density at radius 1 is 0.897 bits per heavy atom. The van der Waals surface area contributed by atoms with E-state index in [2.05, 4.69) is 15.4 Å². The molecule has 1 amide bonds. The minimum atomic E-state index is -4.82. The molecule has 2 N–H and O–H groups in total. The standard InChI is InChI=1S/C29H21F3N4O3/c1-17-20(8-5-9-21(17)28(38)39)22-11-10-18(24-15-33-13-12-23(22)24)14-34-27(37)25-16-35-36(26(25)29(30,31)32)19-6-3-2-4-7-19/h2-13,15-16H,14H2,1H3,(H,34,37)(H,38,39). The van der Waals surface area contributed by atoms with Gasteiger partial charge in [-0.05, 0) is 58.8 Å². The molecule has 0 atom stereocenters. The number of carbonyl (C=O) groups excluding carboxylic acids is 1. The van der Waals surface area contributed by atoms with Gasteiger partial charge >= 0.3 is 12.1 Å². The van der Waals surface area contributed by atoms with Gasteiger partial charge in [0.2, 0.25) is 0 Å².